The predicted molar refractivity (Wildman–Crippen MR) is 114 cm³/mol. The number of ether oxygens (including phenoxy) is 2. The molecule has 1 atom stereocenters. The Labute approximate surface area is 171 Å². The molecule has 0 spiro atoms. The summed E-state index contributed by atoms with van der Waals surface area (Å²) in [5.41, 5.74) is 5.09. The van der Waals surface area contributed by atoms with E-state index in [1.807, 2.05) is 31.2 Å². The Morgan fingerprint density at radius 3 is 2.03 bits per heavy atom. The summed E-state index contributed by atoms with van der Waals surface area (Å²) < 4.78 is 11.3. The van der Waals surface area contributed by atoms with Gasteiger partial charge < -0.3 is 14.6 Å². The molecule has 0 aromatic heterocycles. The molecule has 0 saturated carbocycles. The van der Waals surface area contributed by atoms with E-state index in [4.69, 9.17) is 9.47 Å². The van der Waals surface area contributed by atoms with Crippen molar-refractivity contribution >= 4 is 5.97 Å². The van der Waals surface area contributed by atoms with Gasteiger partial charge in [0.05, 0.1) is 13.0 Å². The van der Waals surface area contributed by atoms with Gasteiger partial charge in [-0.15, -0.1) is 0 Å². The fourth-order valence-corrected chi connectivity index (χ4v) is 3.31. The second-order valence-electron chi connectivity index (χ2n) is 7.27. The van der Waals surface area contributed by atoms with E-state index < -0.39 is 11.9 Å². The highest BCUT2D eigenvalue weighted by atomic mass is 16.5. The van der Waals surface area contributed by atoms with Gasteiger partial charge in [0.2, 0.25) is 0 Å². The summed E-state index contributed by atoms with van der Waals surface area (Å²) in [4.78, 5) is 11.8. The van der Waals surface area contributed by atoms with Crippen LogP contribution in [0.5, 0.6) is 17.2 Å². The second kappa shape index (κ2) is 8.82. The van der Waals surface area contributed by atoms with Crippen molar-refractivity contribution in [1.29, 1.82) is 0 Å². The van der Waals surface area contributed by atoms with Crippen molar-refractivity contribution in [2.75, 3.05) is 7.11 Å². The van der Waals surface area contributed by atoms with E-state index in [0.717, 1.165) is 33.8 Å². The normalized spacial score (nSPS) is 11.7. The van der Waals surface area contributed by atoms with E-state index in [1.165, 1.54) is 5.56 Å². The molecule has 0 aliphatic carbocycles. The molecule has 0 fully saturated rings. The van der Waals surface area contributed by atoms with Crippen LogP contribution in [-0.4, -0.2) is 18.2 Å². The smallest absolute Gasteiger partial charge is 0.311 e. The fraction of sp³-hybridized carbons (Fsp3) is 0.240. The van der Waals surface area contributed by atoms with Crippen LogP contribution in [0.4, 0.5) is 0 Å². The van der Waals surface area contributed by atoms with E-state index in [1.54, 1.807) is 31.4 Å². The van der Waals surface area contributed by atoms with Gasteiger partial charge in [0.25, 0.3) is 0 Å². The third-order valence-corrected chi connectivity index (χ3v) is 5.27. The molecular weight excluding hydrogens is 364 g/mol. The van der Waals surface area contributed by atoms with Crippen LogP contribution in [0.1, 0.15) is 33.7 Å². The second-order valence-corrected chi connectivity index (χ2v) is 7.27. The molecule has 1 N–H and O–H groups in total. The summed E-state index contributed by atoms with van der Waals surface area (Å²) in [5, 5.41) is 9.70. The highest BCUT2D eigenvalue weighted by Crippen LogP contribution is 2.31. The summed E-state index contributed by atoms with van der Waals surface area (Å²) >= 11 is 0. The summed E-state index contributed by atoms with van der Waals surface area (Å²) in [6.07, 6.45) is 0.407. The predicted octanol–water partition coefficient (Wildman–Crippen LogP) is 5.82. The lowest BCUT2D eigenvalue weighted by Gasteiger charge is -2.15. The Hall–Kier alpha value is -3.27. The molecule has 150 valence electrons. The molecular formula is C25H26O4. The molecule has 0 aliphatic rings. The first-order valence-corrected chi connectivity index (χ1v) is 9.59. The minimum atomic E-state index is -0.846. The fourth-order valence-electron chi connectivity index (χ4n) is 3.31. The highest BCUT2D eigenvalue weighted by Gasteiger charge is 2.20. The van der Waals surface area contributed by atoms with Gasteiger partial charge in [0.15, 0.2) is 0 Å². The number of methoxy groups -OCH3 is 1. The van der Waals surface area contributed by atoms with Crippen molar-refractivity contribution in [1.82, 2.24) is 0 Å². The molecule has 3 aromatic carbocycles. The number of carboxylic acid groups (broad SMARTS) is 1. The summed E-state index contributed by atoms with van der Waals surface area (Å²) in [6, 6.07) is 19.0. The van der Waals surface area contributed by atoms with E-state index in [9.17, 15) is 9.90 Å². The van der Waals surface area contributed by atoms with Gasteiger partial charge in [0.1, 0.15) is 17.2 Å². The Bertz CT molecular complexity index is 989. The van der Waals surface area contributed by atoms with Crippen molar-refractivity contribution in [3.63, 3.8) is 0 Å². The molecule has 4 heteroatoms. The Balaban J connectivity index is 1.77. The monoisotopic (exact) mass is 390 g/mol. The van der Waals surface area contributed by atoms with E-state index >= 15 is 0 Å². The van der Waals surface area contributed by atoms with Crippen LogP contribution in [0, 0.1) is 20.8 Å². The van der Waals surface area contributed by atoms with Gasteiger partial charge in [-0.3, -0.25) is 4.79 Å². The molecule has 0 aliphatic heterocycles. The number of carbonyl (C=O) groups is 1. The van der Waals surface area contributed by atoms with Gasteiger partial charge in [0, 0.05) is 0 Å². The first-order valence-electron chi connectivity index (χ1n) is 9.59. The number of rotatable bonds is 7. The molecule has 29 heavy (non-hydrogen) atoms. The van der Waals surface area contributed by atoms with E-state index in [0.29, 0.717) is 12.2 Å². The molecule has 1 unspecified atom stereocenters. The van der Waals surface area contributed by atoms with Gasteiger partial charge in [-0.1, -0.05) is 36.4 Å². The molecule has 4 nitrogen and oxygen atoms in total. The highest BCUT2D eigenvalue weighted by molar-refractivity contribution is 5.76. The number of benzene rings is 3. The molecule has 0 saturated heterocycles. The van der Waals surface area contributed by atoms with Gasteiger partial charge in [-0.05, 0) is 79.3 Å². The third kappa shape index (κ3) is 4.77. The standard InChI is InChI=1S/C25H26O4/c1-16-5-6-17(2)24(18(16)3)29-22-11-7-19(8-12-22)15-23(25(26)27)20-9-13-21(28-4)14-10-20/h5-14,23H,15H2,1-4H3,(H,26,27). The van der Waals surface area contributed by atoms with Crippen molar-refractivity contribution in [3.05, 3.63) is 88.5 Å². The molecule has 0 radical (unpaired) electrons. The zero-order valence-electron chi connectivity index (χ0n) is 17.2. The molecule has 3 aromatic rings. The zero-order valence-corrected chi connectivity index (χ0v) is 17.2. The number of hydrogen-bond acceptors (Lipinski definition) is 3. The maximum absolute atomic E-state index is 11.8. The van der Waals surface area contributed by atoms with Crippen LogP contribution in [0.15, 0.2) is 60.7 Å². The number of aliphatic carboxylic acids is 1. The van der Waals surface area contributed by atoms with Crippen molar-refractivity contribution in [2.24, 2.45) is 0 Å². The summed E-state index contributed by atoms with van der Waals surface area (Å²) in [5.74, 6) is 0.859. The van der Waals surface area contributed by atoms with Crippen LogP contribution in [0.25, 0.3) is 0 Å². The number of aryl methyl sites for hydroxylation is 2. The Morgan fingerprint density at radius 1 is 0.862 bits per heavy atom. The van der Waals surface area contributed by atoms with Crippen LogP contribution in [0.3, 0.4) is 0 Å². The molecule has 3 rings (SSSR count). The average Bonchev–Trinajstić information content (AvgIpc) is 2.73. The van der Waals surface area contributed by atoms with Crippen LogP contribution >= 0.6 is 0 Å². The molecule has 0 heterocycles. The maximum Gasteiger partial charge on any atom is 0.311 e. The summed E-state index contributed by atoms with van der Waals surface area (Å²) in [6.45, 7) is 6.15. The zero-order chi connectivity index (χ0) is 21.0. The van der Waals surface area contributed by atoms with E-state index in [-0.39, 0.29) is 0 Å². The van der Waals surface area contributed by atoms with Crippen molar-refractivity contribution in [2.45, 2.75) is 33.1 Å². The van der Waals surface area contributed by atoms with Crippen molar-refractivity contribution < 1.29 is 19.4 Å². The summed E-state index contributed by atoms with van der Waals surface area (Å²) in [7, 11) is 1.59. The lowest BCUT2D eigenvalue weighted by Crippen LogP contribution is -2.14. The molecule has 0 bridgehead atoms. The third-order valence-electron chi connectivity index (χ3n) is 5.27. The Kier molecular flexibility index (Phi) is 6.23. The molecule has 0 amide bonds. The van der Waals surface area contributed by atoms with Gasteiger partial charge in [-0.2, -0.15) is 0 Å². The number of hydrogen-bond donors (Lipinski definition) is 1. The van der Waals surface area contributed by atoms with Crippen LogP contribution in [-0.2, 0) is 11.2 Å². The van der Waals surface area contributed by atoms with Gasteiger partial charge in [-0.25, -0.2) is 0 Å². The van der Waals surface area contributed by atoms with Crippen LogP contribution in [0.2, 0.25) is 0 Å². The SMILES string of the molecule is COc1ccc(C(Cc2ccc(Oc3c(C)ccc(C)c3C)cc2)C(=O)O)cc1. The minimum Gasteiger partial charge on any atom is -0.497 e. The topological polar surface area (TPSA) is 55.8 Å². The first kappa shape index (κ1) is 20.5. The average molecular weight is 390 g/mol. The van der Waals surface area contributed by atoms with Gasteiger partial charge >= 0.3 is 5.97 Å². The Morgan fingerprint density at radius 2 is 1.45 bits per heavy atom. The van der Waals surface area contributed by atoms with E-state index in [2.05, 4.69) is 26.0 Å². The lowest BCUT2D eigenvalue weighted by molar-refractivity contribution is -0.138. The number of carboxylic acids is 1. The van der Waals surface area contributed by atoms with Crippen molar-refractivity contribution in [3.8, 4) is 17.2 Å². The first-order chi connectivity index (χ1) is 13.9. The quantitative estimate of drug-likeness (QED) is 0.552. The van der Waals surface area contributed by atoms with Crippen LogP contribution < -0.4 is 9.47 Å². The maximum atomic E-state index is 11.8. The largest absolute Gasteiger partial charge is 0.497 e. The minimum absolute atomic E-state index is 0.407. The lowest BCUT2D eigenvalue weighted by atomic mass is 9.92.